The number of amides is 1. The van der Waals surface area contributed by atoms with Crippen LogP contribution in [-0.4, -0.2) is 80.2 Å². The number of rotatable bonds is 10. The highest BCUT2D eigenvalue weighted by Gasteiger charge is 2.23. The summed E-state index contributed by atoms with van der Waals surface area (Å²) in [5.41, 5.74) is 1.81. The van der Waals surface area contributed by atoms with E-state index < -0.39 is 0 Å². The second kappa shape index (κ2) is 15.4. The molecule has 1 atom stereocenters. The molecule has 0 aliphatic carbocycles. The highest BCUT2D eigenvalue weighted by molar-refractivity contribution is 14.0. The van der Waals surface area contributed by atoms with Crippen LogP contribution in [0.25, 0.3) is 0 Å². The predicted octanol–water partition coefficient (Wildman–Crippen LogP) is 3.20. The first-order chi connectivity index (χ1) is 15.0. The lowest BCUT2D eigenvalue weighted by Crippen LogP contribution is -2.52. The molecule has 8 heteroatoms. The molecule has 0 saturated carbocycles. The molecule has 2 rings (SSSR count). The zero-order chi connectivity index (χ0) is 22.6. The van der Waals surface area contributed by atoms with Gasteiger partial charge in [-0.25, -0.2) is 4.99 Å². The fourth-order valence-corrected chi connectivity index (χ4v) is 3.86. The van der Waals surface area contributed by atoms with E-state index in [4.69, 9.17) is 9.73 Å². The number of ether oxygens (including phenoxy) is 1. The largest absolute Gasteiger partial charge is 0.379 e. The van der Waals surface area contributed by atoms with Gasteiger partial charge in [0.1, 0.15) is 0 Å². The molecule has 1 aliphatic heterocycles. The number of aliphatic imine (C=N–C) groups is 1. The number of nitrogens with zero attached hydrogens (tertiary/aromatic N) is 3. The maximum Gasteiger partial charge on any atom is 0.253 e. The number of guanidine groups is 1. The van der Waals surface area contributed by atoms with Crippen LogP contribution in [0.3, 0.4) is 0 Å². The van der Waals surface area contributed by atoms with Crippen LogP contribution in [0.4, 0.5) is 0 Å². The molecule has 1 unspecified atom stereocenters. The molecular formula is C24H42IN5O2. The minimum absolute atomic E-state index is 0. The van der Waals surface area contributed by atoms with Gasteiger partial charge in [-0.15, -0.1) is 24.0 Å². The molecule has 1 aromatic carbocycles. The fraction of sp³-hybridized carbons (Fsp3) is 0.667. The first kappa shape index (κ1) is 28.6. The van der Waals surface area contributed by atoms with E-state index in [1.54, 1.807) is 0 Å². The minimum Gasteiger partial charge on any atom is -0.379 e. The van der Waals surface area contributed by atoms with E-state index in [2.05, 4.69) is 36.3 Å². The van der Waals surface area contributed by atoms with Crippen molar-refractivity contribution < 1.29 is 9.53 Å². The summed E-state index contributed by atoms with van der Waals surface area (Å²) in [6.07, 6.45) is 0. The van der Waals surface area contributed by atoms with Gasteiger partial charge in [-0.05, 0) is 44.4 Å². The van der Waals surface area contributed by atoms with Crippen molar-refractivity contribution in [1.29, 1.82) is 0 Å². The van der Waals surface area contributed by atoms with Crippen molar-refractivity contribution in [3.05, 3.63) is 35.4 Å². The van der Waals surface area contributed by atoms with Crippen molar-refractivity contribution in [1.82, 2.24) is 20.4 Å². The number of carbonyl (C=O) groups is 1. The maximum atomic E-state index is 12.5. The van der Waals surface area contributed by atoms with Crippen molar-refractivity contribution in [3.8, 4) is 0 Å². The van der Waals surface area contributed by atoms with Crippen molar-refractivity contribution >= 4 is 35.8 Å². The van der Waals surface area contributed by atoms with Gasteiger partial charge in [0.05, 0.1) is 19.8 Å². The number of benzene rings is 1. The third kappa shape index (κ3) is 8.86. The van der Waals surface area contributed by atoms with Crippen LogP contribution in [-0.2, 0) is 11.3 Å². The zero-order valence-corrected chi connectivity index (χ0v) is 22.7. The molecule has 1 amide bonds. The van der Waals surface area contributed by atoms with Crippen LogP contribution in [0.1, 0.15) is 50.5 Å². The summed E-state index contributed by atoms with van der Waals surface area (Å²) in [6.45, 7) is 17.9. The summed E-state index contributed by atoms with van der Waals surface area (Å²) < 4.78 is 5.51. The second-order valence-corrected chi connectivity index (χ2v) is 8.21. The van der Waals surface area contributed by atoms with E-state index in [0.29, 0.717) is 18.5 Å². The normalized spacial score (nSPS) is 15.8. The molecule has 182 valence electrons. The summed E-state index contributed by atoms with van der Waals surface area (Å²) >= 11 is 0. The predicted molar refractivity (Wildman–Crippen MR) is 143 cm³/mol. The van der Waals surface area contributed by atoms with Crippen LogP contribution in [0.15, 0.2) is 29.3 Å². The average molecular weight is 560 g/mol. The SMILES string of the molecule is CCNC(=NCc1ccc(C(=O)N(CC)CC)cc1)NCC(C(C)C)N1CCOCC1.I. The molecule has 0 radical (unpaired) electrons. The molecule has 1 aromatic rings. The van der Waals surface area contributed by atoms with Crippen molar-refractivity contribution in [3.63, 3.8) is 0 Å². The Morgan fingerprint density at radius 2 is 1.72 bits per heavy atom. The Morgan fingerprint density at radius 3 is 2.25 bits per heavy atom. The molecule has 0 bridgehead atoms. The highest BCUT2D eigenvalue weighted by Crippen LogP contribution is 2.12. The molecule has 1 fully saturated rings. The monoisotopic (exact) mass is 559 g/mol. The summed E-state index contributed by atoms with van der Waals surface area (Å²) in [7, 11) is 0. The van der Waals surface area contributed by atoms with Crippen LogP contribution < -0.4 is 10.6 Å². The average Bonchev–Trinajstić information content (AvgIpc) is 2.79. The minimum atomic E-state index is 0. The maximum absolute atomic E-state index is 12.5. The molecule has 0 spiro atoms. The van der Waals surface area contributed by atoms with Crippen LogP contribution >= 0.6 is 24.0 Å². The molecule has 1 heterocycles. The Labute approximate surface area is 211 Å². The van der Waals surface area contributed by atoms with E-state index in [0.717, 1.165) is 69.6 Å². The molecule has 2 N–H and O–H groups in total. The van der Waals surface area contributed by atoms with Crippen LogP contribution in [0.5, 0.6) is 0 Å². The smallest absolute Gasteiger partial charge is 0.253 e. The first-order valence-corrected chi connectivity index (χ1v) is 11.7. The topological polar surface area (TPSA) is 69.2 Å². The van der Waals surface area contributed by atoms with Crippen molar-refractivity contribution in [2.75, 3.05) is 52.5 Å². The van der Waals surface area contributed by atoms with Gasteiger partial charge < -0.3 is 20.3 Å². The van der Waals surface area contributed by atoms with E-state index in [-0.39, 0.29) is 29.9 Å². The summed E-state index contributed by atoms with van der Waals surface area (Å²) in [4.78, 5) is 21.6. The Kier molecular flexibility index (Phi) is 13.8. The number of nitrogens with one attached hydrogen (secondary N) is 2. The zero-order valence-electron chi connectivity index (χ0n) is 20.4. The molecule has 1 saturated heterocycles. The molecule has 7 nitrogen and oxygen atoms in total. The van der Waals surface area contributed by atoms with E-state index in [1.807, 2.05) is 43.0 Å². The highest BCUT2D eigenvalue weighted by atomic mass is 127. The lowest BCUT2D eigenvalue weighted by Gasteiger charge is -2.37. The van der Waals surface area contributed by atoms with E-state index in [1.165, 1.54) is 0 Å². The summed E-state index contributed by atoms with van der Waals surface area (Å²) in [6, 6.07) is 8.24. The van der Waals surface area contributed by atoms with Gasteiger partial charge in [-0.1, -0.05) is 26.0 Å². The molecular weight excluding hydrogens is 517 g/mol. The third-order valence-corrected chi connectivity index (χ3v) is 5.78. The lowest BCUT2D eigenvalue weighted by atomic mass is 10.0. The Bertz CT molecular complexity index is 686. The molecule has 32 heavy (non-hydrogen) atoms. The molecule has 0 aromatic heterocycles. The summed E-state index contributed by atoms with van der Waals surface area (Å²) in [5.74, 6) is 1.45. The fourth-order valence-electron chi connectivity index (χ4n) is 3.86. The summed E-state index contributed by atoms with van der Waals surface area (Å²) in [5, 5.41) is 6.87. The third-order valence-electron chi connectivity index (χ3n) is 5.78. The van der Waals surface area contributed by atoms with E-state index >= 15 is 0 Å². The number of morpholine rings is 1. The van der Waals surface area contributed by atoms with Crippen LogP contribution in [0, 0.1) is 5.92 Å². The first-order valence-electron chi connectivity index (χ1n) is 11.7. The van der Waals surface area contributed by atoms with Gasteiger partial charge in [0, 0.05) is 50.9 Å². The lowest BCUT2D eigenvalue weighted by molar-refractivity contribution is 0.00752. The van der Waals surface area contributed by atoms with Gasteiger partial charge in [0.15, 0.2) is 5.96 Å². The number of carbonyl (C=O) groups excluding carboxylic acids is 1. The Balaban J connectivity index is 0.00000512. The van der Waals surface area contributed by atoms with Gasteiger partial charge in [0.25, 0.3) is 5.91 Å². The van der Waals surface area contributed by atoms with E-state index in [9.17, 15) is 4.79 Å². The quantitative estimate of drug-likeness (QED) is 0.262. The number of hydrogen-bond donors (Lipinski definition) is 2. The van der Waals surface area contributed by atoms with Gasteiger partial charge in [0.2, 0.25) is 0 Å². The van der Waals surface area contributed by atoms with Crippen LogP contribution in [0.2, 0.25) is 0 Å². The molecule has 1 aliphatic rings. The Hall–Kier alpha value is -1.39. The van der Waals surface area contributed by atoms with Crippen molar-refractivity contribution in [2.45, 2.75) is 47.2 Å². The number of hydrogen-bond acceptors (Lipinski definition) is 4. The standard InChI is InChI=1S/C24H41N5O2.HI/c1-6-25-24(27-18-22(19(4)5)29-13-15-31-16-14-29)26-17-20-9-11-21(12-10-20)23(30)28(7-2)8-3;/h9-12,19,22H,6-8,13-18H2,1-5H3,(H2,25,26,27);1H. The number of halogens is 1. The Morgan fingerprint density at radius 1 is 1.09 bits per heavy atom. The van der Waals surface area contributed by atoms with Gasteiger partial charge >= 0.3 is 0 Å². The second-order valence-electron chi connectivity index (χ2n) is 8.21. The van der Waals surface area contributed by atoms with Gasteiger partial charge in [-0.3, -0.25) is 9.69 Å². The van der Waals surface area contributed by atoms with Crippen molar-refractivity contribution in [2.24, 2.45) is 10.9 Å². The van der Waals surface area contributed by atoms with Gasteiger partial charge in [-0.2, -0.15) is 0 Å².